The van der Waals surface area contributed by atoms with E-state index in [0.717, 1.165) is 67.5 Å². The van der Waals surface area contributed by atoms with Gasteiger partial charge in [-0.25, -0.2) is 4.98 Å². The minimum atomic E-state index is 0.627. The van der Waals surface area contributed by atoms with Crippen molar-refractivity contribution in [1.82, 2.24) is 19.8 Å². The number of piperazine rings is 1. The fourth-order valence-corrected chi connectivity index (χ4v) is 4.00. The van der Waals surface area contributed by atoms with Gasteiger partial charge >= 0.3 is 0 Å². The van der Waals surface area contributed by atoms with Crippen LogP contribution in [0, 0.1) is 0 Å². The summed E-state index contributed by atoms with van der Waals surface area (Å²) in [6.07, 6.45) is 2.78. The van der Waals surface area contributed by atoms with Gasteiger partial charge in [0.15, 0.2) is 11.5 Å². The summed E-state index contributed by atoms with van der Waals surface area (Å²) in [5.74, 6) is 2.16. The Morgan fingerprint density at radius 2 is 1.90 bits per heavy atom. The molecule has 4 rings (SSSR count). The third-order valence-electron chi connectivity index (χ3n) is 5.63. The van der Waals surface area contributed by atoms with Crippen LogP contribution in [-0.2, 0) is 0 Å². The molecule has 0 saturated carbocycles. The number of likely N-dealkylation sites (N-methyl/N-ethyl adjacent to an activating group) is 1. The molecule has 0 unspecified atom stereocenters. The normalized spacial score (nSPS) is 15.2. The minimum Gasteiger partial charge on any atom is -0.493 e. The highest BCUT2D eigenvalue weighted by atomic mass is 35.5. The second-order valence-corrected chi connectivity index (χ2v) is 8.28. The van der Waals surface area contributed by atoms with Crippen LogP contribution in [0.2, 0.25) is 5.02 Å². The zero-order valence-corrected chi connectivity index (χ0v) is 18.9. The van der Waals surface area contributed by atoms with Crippen molar-refractivity contribution < 1.29 is 9.47 Å². The van der Waals surface area contributed by atoms with Crippen LogP contribution in [0.3, 0.4) is 0 Å². The zero-order valence-electron chi connectivity index (χ0n) is 18.1. The number of aromatic nitrogens is 2. The first-order chi connectivity index (χ1) is 15.1. The molecule has 2 heterocycles. The lowest BCUT2D eigenvalue weighted by Gasteiger charge is -2.32. The smallest absolute Gasteiger partial charge is 0.172 e. The predicted octanol–water partition coefficient (Wildman–Crippen LogP) is 4.42. The van der Waals surface area contributed by atoms with Gasteiger partial charge in [0.2, 0.25) is 0 Å². The lowest BCUT2D eigenvalue weighted by Crippen LogP contribution is -2.44. The van der Waals surface area contributed by atoms with Crippen molar-refractivity contribution in [3.63, 3.8) is 0 Å². The number of nitrogens with zero attached hydrogens (tertiary/aromatic N) is 3. The van der Waals surface area contributed by atoms with Gasteiger partial charge < -0.3 is 24.3 Å². The maximum Gasteiger partial charge on any atom is 0.172 e. The van der Waals surface area contributed by atoms with E-state index in [9.17, 15) is 0 Å². The molecule has 31 heavy (non-hydrogen) atoms. The number of H-pyrrole nitrogens is 1. The number of benzene rings is 2. The largest absolute Gasteiger partial charge is 0.493 e. The van der Waals surface area contributed by atoms with E-state index in [4.69, 9.17) is 21.1 Å². The van der Waals surface area contributed by atoms with Gasteiger partial charge in [0.25, 0.3) is 0 Å². The first-order valence-electron chi connectivity index (χ1n) is 10.7. The van der Waals surface area contributed by atoms with Gasteiger partial charge in [-0.3, -0.25) is 0 Å². The van der Waals surface area contributed by atoms with Crippen molar-refractivity contribution in [2.24, 2.45) is 0 Å². The molecule has 1 N–H and O–H groups in total. The lowest BCUT2D eigenvalue weighted by atomic mass is 10.1. The molecular weight excluding hydrogens is 412 g/mol. The molecule has 0 bridgehead atoms. The maximum absolute atomic E-state index is 6.22. The van der Waals surface area contributed by atoms with E-state index in [2.05, 4.69) is 26.8 Å². The molecule has 1 aromatic heterocycles. The van der Waals surface area contributed by atoms with Crippen molar-refractivity contribution in [2.75, 3.05) is 53.5 Å². The number of aromatic amines is 1. The molecule has 6 nitrogen and oxygen atoms in total. The lowest BCUT2D eigenvalue weighted by molar-refractivity contribution is 0.145. The van der Waals surface area contributed by atoms with E-state index in [-0.39, 0.29) is 0 Å². The number of rotatable bonds is 8. The standard InChI is InChI=1S/C24H29ClN4O2/c1-28-11-13-29(14-12-28)10-5-15-31-23-20(8-4-9-22(23)30-2)24-26-17-21(27-24)18-6-3-7-19(25)16-18/h3-4,6-9,16-17H,5,10-15H2,1-2H3,(H,26,27). The average molecular weight is 441 g/mol. The molecule has 164 valence electrons. The van der Waals surface area contributed by atoms with E-state index in [1.807, 2.05) is 48.7 Å². The highest BCUT2D eigenvalue weighted by Gasteiger charge is 2.17. The van der Waals surface area contributed by atoms with Gasteiger partial charge in [-0.1, -0.05) is 29.8 Å². The van der Waals surface area contributed by atoms with Crippen LogP contribution in [0.4, 0.5) is 0 Å². The second-order valence-electron chi connectivity index (χ2n) is 7.84. The summed E-state index contributed by atoms with van der Waals surface area (Å²) in [5.41, 5.74) is 2.78. The fraction of sp³-hybridized carbons (Fsp3) is 0.375. The van der Waals surface area contributed by atoms with Crippen LogP contribution in [-0.4, -0.2) is 73.3 Å². The molecule has 0 radical (unpaired) electrons. The summed E-state index contributed by atoms with van der Waals surface area (Å²) < 4.78 is 11.8. The Morgan fingerprint density at radius 3 is 2.68 bits per heavy atom. The van der Waals surface area contributed by atoms with Crippen molar-refractivity contribution in [3.8, 4) is 34.1 Å². The predicted molar refractivity (Wildman–Crippen MR) is 125 cm³/mol. The van der Waals surface area contributed by atoms with Crippen LogP contribution in [0.1, 0.15) is 6.42 Å². The molecule has 0 aliphatic carbocycles. The van der Waals surface area contributed by atoms with E-state index >= 15 is 0 Å². The fourth-order valence-electron chi connectivity index (χ4n) is 3.81. The summed E-state index contributed by atoms with van der Waals surface area (Å²) in [6, 6.07) is 13.6. The molecule has 0 atom stereocenters. The van der Waals surface area contributed by atoms with Crippen molar-refractivity contribution in [2.45, 2.75) is 6.42 Å². The Kier molecular flexibility index (Phi) is 7.12. The monoisotopic (exact) mass is 440 g/mol. The number of halogens is 1. The number of hydrogen-bond acceptors (Lipinski definition) is 5. The van der Waals surface area contributed by atoms with Gasteiger partial charge in [0.05, 0.1) is 31.2 Å². The van der Waals surface area contributed by atoms with E-state index in [1.54, 1.807) is 7.11 Å². The summed E-state index contributed by atoms with van der Waals surface area (Å²) in [4.78, 5) is 12.8. The first kappa shape index (κ1) is 21.7. The molecule has 1 aliphatic heterocycles. The Bertz CT molecular complexity index is 999. The Labute approximate surface area is 188 Å². The van der Waals surface area contributed by atoms with E-state index in [0.29, 0.717) is 17.4 Å². The van der Waals surface area contributed by atoms with Crippen LogP contribution in [0.15, 0.2) is 48.7 Å². The molecule has 7 heteroatoms. The molecule has 0 spiro atoms. The van der Waals surface area contributed by atoms with Crippen LogP contribution >= 0.6 is 11.6 Å². The third kappa shape index (κ3) is 5.39. The second kappa shape index (κ2) is 10.2. The number of hydrogen-bond donors (Lipinski definition) is 1. The van der Waals surface area contributed by atoms with Crippen LogP contribution in [0.25, 0.3) is 22.6 Å². The summed E-state index contributed by atoms with van der Waals surface area (Å²) in [7, 11) is 3.84. The molecule has 3 aromatic rings. The topological polar surface area (TPSA) is 53.6 Å². The molecule has 1 aliphatic rings. The molecule has 0 amide bonds. The SMILES string of the molecule is COc1cccc(-c2ncc(-c3cccc(Cl)c3)[nH]2)c1OCCCN1CCN(C)CC1. The number of nitrogens with one attached hydrogen (secondary N) is 1. The average Bonchev–Trinajstić information content (AvgIpc) is 3.28. The Morgan fingerprint density at radius 1 is 1.10 bits per heavy atom. The summed E-state index contributed by atoms with van der Waals surface area (Å²) in [5, 5.41) is 0.694. The Balaban J connectivity index is 1.46. The van der Waals surface area contributed by atoms with E-state index < -0.39 is 0 Å². The van der Waals surface area contributed by atoms with Crippen LogP contribution < -0.4 is 9.47 Å². The van der Waals surface area contributed by atoms with Gasteiger partial charge in [-0.15, -0.1) is 0 Å². The molecular formula is C24H29ClN4O2. The highest BCUT2D eigenvalue weighted by molar-refractivity contribution is 6.30. The number of ether oxygens (including phenoxy) is 2. The van der Waals surface area contributed by atoms with Crippen LogP contribution in [0.5, 0.6) is 11.5 Å². The van der Waals surface area contributed by atoms with Crippen molar-refractivity contribution in [1.29, 1.82) is 0 Å². The van der Waals surface area contributed by atoms with E-state index in [1.165, 1.54) is 0 Å². The van der Waals surface area contributed by atoms with Gasteiger partial charge in [0.1, 0.15) is 5.82 Å². The number of para-hydroxylation sites is 1. The minimum absolute atomic E-state index is 0.627. The van der Waals surface area contributed by atoms with Gasteiger partial charge in [-0.05, 0) is 37.7 Å². The molecule has 1 saturated heterocycles. The Hall–Kier alpha value is -2.54. The van der Waals surface area contributed by atoms with Gasteiger partial charge in [0, 0.05) is 43.3 Å². The quantitative estimate of drug-likeness (QED) is 0.525. The summed E-state index contributed by atoms with van der Waals surface area (Å²) in [6.45, 7) is 6.17. The van der Waals surface area contributed by atoms with Crippen molar-refractivity contribution in [3.05, 3.63) is 53.7 Å². The molecule has 1 fully saturated rings. The van der Waals surface area contributed by atoms with Crippen molar-refractivity contribution >= 4 is 11.6 Å². The number of methoxy groups -OCH3 is 1. The molecule has 2 aromatic carbocycles. The maximum atomic E-state index is 6.22. The highest BCUT2D eigenvalue weighted by Crippen LogP contribution is 2.37. The number of imidazole rings is 1. The summed E-state index contributed by atoms with van der Waals surface area (Å²) >= 11 is 6.14. The zero-order chi connectivity index (χ0) is 21.6. The van der Waals surface area contributed by atoms with Gasteiger partial charge in [-0.2, -0.15) is 0 Å². The first-order valence-corrected chi connectivity index (χ1v) is 11.0. The third-order valence-corrected chi connectivity index (χ3v) is 5.86.